The molecule has 1 aromatic carbocycles. The van der Waals surface area contributed by atoms with Crippen LogP contribution in [0.15, 0.2) is 47.0 Å². The van der Waals surface area contributed by atoms with Crippen LogP contribution < -0.4 is 9.80 Å². The van der Waals surface area contributed by atoms with E-state index >= 15 is 0 Å². The second-order valence-corrected chi connectivity index (χ2v) is 8.69. The number of carbonyl (C=O) groups excluding carboxylic acids is 1. The third kappa shape index (κ3) is 4.90. The predicted molar refractivity (Wildman–Crippen MR) is 120 cm³/mol. The second kappa shape index (κ2) is 10.1. The summed E-state index contributed by atoms with van der Waals surface area (Å²) in [5.41, 5.74) is 2.88. The number of alkyl halides is 2. The fraction of sp³-hybridized carbons (Fsp3) is 0.364. The minimum absolute atomic E-state index is 0.0239. The zero-order chi connectivity index (χ0) is 22.5. The van der Waals surface area contributed by atoms with Crippen LogP contribution in [-0.2, 0) is 11.3 Å². The molecule has 0 atom stereocenters. The summed E-state index contributed by atoms with van der Waals surface area (Å²) in [6, 6.07) is 11.6. The van der Waals surface area contributed by atoms with Gasteiger partial charge in [0.15, 0.2) is 0 Å². The van der Waals surface area contributed by atoms with Gasteiger partial charge in [-0.2, -0.15) is 20.5 Å². The van der Waals surface area contributed by atoms with Crippen molar-refractivity contribution in [1.82, 2.24) is 15.2 Å². The molecule has 0 bridgehead atoms. The van der Waals surface area contributed by atoms with Crippen LogP contribution in [0.1, 0.15) is 30.9 Å². The molecule has 168 valence electrons. The number of amides is 1. The summed E-state index contributed by atoms with van der Waals surface area (Å²) >= 11 is 1.98. The van der Waals surface area contributed by atoms with Gasteiger partial charge in [0.25, 0.3) is 5.89 Å². The number of anilines is 2. The summed E-state index contributed by atoms with van der Waals surface area (Å²) in [7, 11) is 2.08. The summed E-state index contributed by atoms with van der Waals surface area (Å²) < 4.78 is 30.3. The molecule has 0 unspecified atom stereocenters. The van der Waals surface area contributed by atoms with Crippen LogP contribution in [-0.4, -0.2) is 46.2 Å². The molecule has 1 fully saturated rings. The summed E-state index contributed by atoms with van der Waals surface area (Å²) in [4.78, 5) is 20.2. The number of aromatic nitrogens is 3. The third-order valence-corrected chi connectivity index (χ3v) is 6.52. The summed E-state index contributed by atoms with van der Waals surface area (Å²) in [5, 5.41) is 6.95. The largest absolute Gasteiger partial charge is 0.415 e. The van der Waals surface area contributed by atoms with Crippen molar-refractivity contribution in [3.05, 3.63) is 54.2 Å². The highest BCUT2D eigenvalue weighted by atomic mass is 32.2. The fourth-order valence-electron chi connectivity index (χ4n) is 3.71. The van der Waals surface area contributed by atoms with E-state index in [1.54, 1.807) is 17.0 Å². The van der Waals surface area contributed by atoms with Gasteiger partial charge in [-0.1, -0.05) is 12.1 Å². The maximum Gasteiger partial charge on any atom is 0.314 e. The number of benzene rings is 1. The monoisotopic (exact) mass is 459 g/mol. The smallest absolute Gasteiger partial charge is 0.314 e. The number of hydrogen-bond donors (Lipinski definition) is 0. The van der Waals surface area contributed by atoms with E-state index in [0.29, 0.717) is 17.3 Å². The first-order valence-corrected chi connectivity index (χ1v) is 11.4. The Bertz CT molecular complexity index is 1040. The van der Waals surface area contributed by atoms with Gasteiger partial charge >= 0.3 is 6.43 Å². The number of rotatable bonds is 8. The van der Waals surface area contributed by atoms with Crippen LogP contribution in [0.5, 0.6) is 0 Å². The molecule has 0 saturated carbocycles. The minimum atomic E-state index is -2.82. The maximum atomic E-state index is 12.7. The number of nitrogens with zero attached hydrogens (tertiary/aromatic N) is 5. The lowest BCUT2D eigenvalue weighted by Crippen LogP contribution is -2.36. The Morgan fingerprint density at radius 2 is 1.91 bits per heavy atom. The molecule has 0 aliphatic carbocycles. The molecule has 1 saturated heterocycles. The highest BCUT2D eigenvalue weighted by Gasteiger charge is 2.22. The van der Waals surface area contributed by atoms with E-state index in [2.05, 4.69) is 27.1 Å². The van der Waals surface area contributed by atoms with Crippen molar-refractivity contribution in [2.24, 2.45) is 0 Å². The Labute approximate surface area is 188 Å². The summed E-state index contributed by atoms with van der Waals surface area (Å²) in [6.07, 6.45) is 1.67. The van der Waals surface area contributed by atoms with Crippen molar-refractivity contribution in [2.75, 3.05) is 28.4 Å². The van der Waals surface area contributed by atoms with Gasteiger partial charge in [0.05, 0.1) is 29.2 Å². The zero-order valence-electron chi connectivity index (χ0n) is 17.5. The lowest BCUT2D eigenvalue weighted by Gasteiger charge is -2.35. The molecule has 32 heavy (non-hydrogen) atoms. The molecule has 10 heteroatoms. The van der Waals surface area contributed by atoms with Crippen molar-refractivity contribution < 1.29 is 18.0 Å². The van der Waals surface area contributed by atoms with Gasteiger partial charge in [0, 0.05) is 19.3 Å². The first-order valence-electron chi connectivity index (χ1n) is 10.2. The van der Waals surface area contributed by atoms with Crippen LogP contribution >= 0.6 is 11.8 Å². The highest BCUT2D eigenvalue weighted by Crippen LogP contribution is 2.33. The lowest BCUT2D eigenvalue weighted by molar-refractivity contribution is -0.107. The number of para-hydroxylation sites is 2. The lowest BCUT2D eigenvalue weighted by atomic mass is 10.1. The van der Waals surface area contributed by atoms with Gasteiger partial charge in [-0.3, -0.25) is 9.78 Å². The van der Waals surface area contributed by atoms with Gasteiger partial charge in [0.1, 0.15) is 0 Å². The van der Waals surface area contributed by atoms with E-state index in [-0.39, 0.29) is 12.4 Å². The van der Waals surface area contributed by atoms with Crippen LogP contribution in [0.4, 0.5) is 20.2 Å². The molecule has 2 aromatic heterocycles. The number of thioether (sulfide) groups is 1. The Balaban J connectivity index is 1.52. The van der Waals surface area contributed by atoms with Crippen LogP contribution in [0.25, 0.3) is 11.5 Å². The molecule has 0 spiro atoms. The van der Waals surface area contributed by atoms with Crippen LogP contribution in [0.2, 0.25) is 0 Å². The summed E-state index contributed by atoms with van der Waals surface area (Å²) in [6.45, 7) is 0.265. The molecule has 1 aliphatic rings. The quantitative estimate of drug-likeness (QED) is 0.457. The van der Waals surface area contributed by atoms with Gasteiger partial charge in [-0.05, 0) is 48.6 Å². The normalized spacial score (nSPS) is 14.5. The van der Waals surface area contributed by atoms with E-state index in [4.69, 9.17) is 4.42 Å². The average molecular weight is 460 g/mol. The Morgan fingerprint density at radius 3 is 2.53 bits per heavy atom. The van der Waals surface area contributed by atoms with Gasteiger partial charge in [-0.25, -0.2) is 0 Å². The molecular weight excluding hydrogens is 436 g/mol. The Morgan fingerprint density at radius 1 is 1.16 bits per heavy atom. The topological polar surface area (TPSA) is 75.4 Å². The predicted octanol–water partition coefficient (Wildman–Crippen LogP) is 4.56. The number of pyridine rings is 1. The highest BCUT2D eigenvalue weighted by molar-refractivity contribution is 7.99. The number of halogens is 2. The number of hydrogen-bond acceptors (Lipinski definition) is 7. The molecule has 3 heterocycles. The van der Waals surface area contributed by atoms with Crippen LogP contribution in [0.3, 0.4) is 0 Å². The van der Waals surface area contributed by atoms with Gasteiger partial charge < -0.3 is 14.2 Å². The Kier molecular flexibility index (Phi) is 6.99. The molecule has 4 rings (SSSR count). The first kappa shape index (κ1) is 22.2. The standard InChI is InChI=1S/C22H23F2N5O2S/c1-28(17-8-10-32-11-9-17)18-4-2-3-5-19(18)29(14-30)13-16-7-6-15(12-25-16)21-26-27-22(31-21)20(23)24/h2-7,12,14,17,20H,8-11,13H2,1H3. The minimum Gasteiger partial charge on any atom is -0.415 e. The zero-order valence-corrected chi connectivity index (χ0v) is 18.3. The van der Waals surface area contributed by atoms with E-state index in [1.807, 2.05) is 36.0 Å². The SMILES string of the molecule is CN(c1ccccc1N(C=O)Cc1ccc(-c2nnc(C(F)F)o2)cn1)C1CCSCC1. The first-order chi connectivity index (χ1) is 15.6. The number of carbonyl (C=O) groups is 1. The van der Waals surface area contributed by atoms with Crippen molar-refractivity contribution in [3.63, 3.8) is 0 Å². The molecule has 7 nitrogen and oxygen atoms in total. The summed E-state index contributed by atoms with van der Waals surface area (Å²) in [5.74, 6) is 1.53. The van der Waals surface area contributed by atoms with Gasteiger partial charge in [-0.15, -0.1) is 10.2 Å². The molecule has 3 aromatic rings. The van der Waals surface area contributed by atoms with Crippen molar-refractivity contribution >= 4 is 29.5 Å². The maximum absolute atomic E-state index is 12.7. The average Bonchev–Trinajstić information content (AvgIpc) is 3.34. The van der Waals surface area contributed by atoms with Crippen molar-refractivity contribution in [3.8, 4) is 11.5 Å². The third-order valence-electron chi connectivity index (χ3n) is 5.47. The molecule has 0 N–H and O–H groups in total. The van der Waals surface area contributed by atoms with E-state index in [1.165, 1.54) is 6.20 Å². The van der Waals surface area contributed by atoms with Crippen molar-refractivity contribution in [1.29, 1.82) is 0 Å². The van der Waals surface area contributed by atoms with E-state index in [9.17, 15) is 13.6 Å². The van der Waals surface area contributed by atoms with Crippen LogP contribution in [0, 0.1) is 0 Å². The molecule has 1 aliphatic heterocycles. The Hall–Kier alpha value is -3.01. The van der Waals surface area contributed by atoms with Gasteiger partial charge in [0.2, 0.25) is 12.3 Å². The van der Waals surface area contributed by atoms with E-state index in [0.717, 1.165) is 42.1 Å². The molecular formula is C22H23F2N5O2S. The molecule has 1 amide bonds. The second-order valence-electron chi connectivity index (χ2n) is 7.46. The fourth-order valence-corrected chi connectivity index (χ4v) is 4.79. The van der Waals surface area contributed by atoms with Crippen molar-refractivity contribution in [2.45, 2.75) is 31.9 Å². The van der Waals surface area contributed by atoms with E-state index < -0.39 is 12.3 Å². The molecule has 0 radical (unpaired) electrons.